The normalized spacial score (nSPS) is 11.6. The van der Waals surface area contributed by atoms with Crippen LogP contribution >= 0.6 is 0 Å². The van der Waals surface area contributed by atoms with Gasteiger partial charge in [-0.2, -0.15) is 0 Å². The lowest BCUT2D eigenvalue weighted by Gasteiger charge is -2.26. The maximum Gasteiger partial charge on any atom is 0.116 e. The molecule has 2 aromatic carbocycles. The van der Waals surface area contributed by atoms with Crippen molar-refractivity contribution in [1.29, 1.82) is 0 Å². The predicted molar refractivity (Wildman–Crippen MR) is 88.8 cm³/mol. The van der Waals surface area contributed by atoms with Gasteiger partial charge in [-0.15, -0.1) is 0 Å². The third-order valence-electron chi connectivity index (χ3n) is 3.63. The average Bonchev–Trinajstić information content (AvgIpc) is 2.37. The lowest BCUT2D eigenvalue weighted by molar-refractivity contribution is 0.389. The van der Waals surface area contributed by atoms with Gasteiger partial charge in [0.1, 0.15) is 5.75 Å². The number of phenolic OH excluding ortho intramolecular Hbond substituents is 1. The second kappa shape index (κ2) is 6.77. The molecule has 0 radical (unpaired) electrons. The molecule has 21 heavy (non-hydrogen) atoms. The van der Waals surface area contributed by atoms with Crippen LogP contribution in [0.5, 0.6) is 5.75 Å². The molecule has 0 unspecified atom stereocenters. The van der Waals surface area contributed by atoms with Crippen molar-refractivity contribution >= 4 is 0 Å². The van der Waals surface area contributed by atoms with E-state index in [9.17, 15) is 5.11 Å². The van der Waals surface area contributed by atoms with E-state index in [-0.39, 0.29) is 5.54 Å². The minimum absolute atomic E-state index is 0.0627. The molecule has 0 aliphatic rings. The van der Waals surface area contributed by atoms with Gasteiger partial charge in [0.25, 0.3) is 0 Å². The Morgan fingerprint density at radius 2 is 1.71 bits per heavy atom. The highest BCUT2D eigenvalue weighted by Crippen LogP contribution is 2.16. The topological polar surface area (TPSA) is 32.3 Å². The van der Waals surface area contributed by atoms with Crippen LogP contribution in [0.1, 0.15) is 30.5 Å². The van der Waals surface area contributed by atoms with E-state index in [1.54, 1.807) is 6.07 Å². The zero-order valence-corrected chi connectivity index (χ0v) is 13.2. The van der Waals surface area contributed by atoms with Crippen molar-refractivity contribution < 1.29 is 5.11 Å². The number of rotatable bonds is 6. The first-order valence-electron chi connectivity index (χ1n) is 7.53. The molecule has 2 heteroatoms. The molecule has 0 saturated carbocycles. The first kappa shape index (κ1) is 15.6. The fourth-order valence-corrected chi connectivity index (χ4v) is 2.70. The Morgan fingerprint density at radius 3 is 2.38 bits per heavy atom. The fourth-order valence-electron chi connectivity index (χ4n) is 2.70. The van der Waals surface area contributed by atoms with Crippen LogP contribution in [0.2, 0.25) is 0 Å². The summed E-state index contributed by atoms with van der Waals surface area (Å²) >= 11 is 0. The van der Waals surface area contributed by atoms with Crippen LogP contribution in [-0.2, 0) is 12.8 Å². The smallest absolute Gasteiger partial charge is 0.116 e. The molecule has 2 rings (SSSR count). The number of hydrogen-bond acceptors (Lipinski definition) is 2. The van der Waals surface area contributed by atoms with Crippen LogP contribution in [0, 0.1) is 6.92 Å². The molecule has 0 fully saturated rings. The number of hydrogen-bond donors (Lipinski definition) is 2. The number of nitrogens with one attached hydrogen (secondary N) is 1. The van der Waals surface area contributed by atoms with Crippen LogP contribution in [0.15, 0.2) is 48.5 Å². The Morgan fingerprint density at radius 1 is 1.00 bits per heavy atom. The molecule has 0 saturated heterocycles. The molecular formula is C19H25NO. The molecule has 0 heterocycles. The second-order valence-corrected chi connectivity index (χ2v) is 6.40. The molecule has 0 atom stereocenters. The number of aryl methyl sites for hydroxylation is 1. The van der Waals surface area contributed by atoms with Crippen LogP contribution in [0.3, 0.4) is 0 Å². The molecule has 0 aliphatic heterocycles. The van der Waals surface area contributed by atoms with Crippen molar-refractivity contribution in [1.82, 2.24) is 5.32 Å². The van der Waals surface area contributed by atoms with Crippen molar-refractivity contribution in [3.8, 4) is 5.75 Å². The van der Waals surface area contributed by atoms with Crippen molar-refractivity contribution in [3.05, 3.63) is 65.2 Å². The maximum absolute atomic E-state index is 9.63. The van der Waals surface area contributed by atoms with Crippen molar-refractivity contribution in [2.24, 2.45) is 0 Å². The zero-order chi connectivity index (χ0) is 15.3. The van der Waals surface area contributed by atoms with E-state index in [0.717, 1.165) is 24.9 Å². The number of phenols is 1. The standard InChI is InChI=1S/C19H25NO/c1-15-11-17(13-18(21)12-15)9-10-20-19(2,3)14-16-7-5-4-6-8-16/h4-8,11-13,20-21H,9-10,14H2,1-3H3. The van der Waals surface area contributed by atoms with E-state index in [1.165, 1.54) is 11.1 Å². The summed E-state index contributed by atoms with van der Waals surface area (Å²) in [5.41, 5.74) is 3.69. The van der Waals surface area contributed by atoms with Gasteiger partial charge in [0.2, 0.25) is 0 Å². The Balaban J connectivity index is 1.87. The van der Waals surface area contributed by atoms with E-state index in [4.69, 9.17) is 0 Å². The van der Waals surface area contributed by atoms with E-state index in [0.29, 0.717) is 5.75 Å². The predicted octanol–water partition coefficient (Wildman–Crippen LogP) is 3.85. The molecule has 2 N–H and O–H groups in total. The molecular weight excluding hydrogens is 258 g/mol. The van der Waals surface area contributed by atoms with Crippen LogP contribution in [0.25, 0.3) is 0 Å². The molecule has 112 valence electrons. The zero-order valence-electron chi connectivity index (χ0n) is 13.2. The maximum atomic E-state index is 9.63. The molecule has 2 nitrogen and oxygen atoms in total. The van der Waals surface area contributed by atoms with Crippen molar-refractivity contribution in [2.75, 3.05) is 6.54 Å². The average molecular weight is 283 g/mol. The van der Waals surface area contributed by atoms with E-state index >= 15 is 0 Å². The van der Waals surface area contributed by atoms with Crippen LogP contribution < -0.4 is 5.32 Å². The third-order valence-corrected chi connectivity index (χ3v) is 3.63. The highest BCUT2D eigenvalue weighted by Gasteiger charge is 2.17. The van der Waals surface area contributed by atoms with Gasteiger partial charge in [0, 0.05) is 5.54 Å². The highest BCUT2D eigenvalue weighted by atomic mass is 16.3. The SMILES string of the molecule is Cc1cc(O)cc(CCNC(C)(C)Cc2ccccc2)c1. The van der Waals surface area contributed by atoms with Gasteiger partial charge in [-0.25, -0.2) is 0 Å². The number of benzene rings is 2. The van der Waals surface area contributed by atoms with Crippen LogP contribution in [-0.4, -0.2) is 17.2 Å². The summed E-state index contributed by atoms with van der Waals surface area (Å²) in [6, 6.07) is 16.3. The minimum atomic E-state index is 0.0627. The monoisotopic (exact) mass is 283 g/mol. The first-order valence-corrected chi connectivity index (χ1v) is 7.53. The number of aromatic hydroxyl groups is 1. The molecule has 0 spiro atoms. The van der Waals surface area contributed by atoms with Gasteiger partial charge in [-0.1, -0.05) is 36.4 Å². The summed E-state index contributed by atoms with van der Waals surface area (Å²) in [5, 5.41) is 13.2. The van der Waals surface area contributed by atoms with Gasteiger partial charge in [0.05, 0.1) is 0 Å². The lowest BCUT2D eigenvalue weighted by atomic mass is 9.94. The summed E-state index contributed by atoms with van der Waals surface area (Å²) < 4.78 is 0. The molecule has 0 amide bonds. The van der Waals surface area contributed by atoms with Crippen LogP contribution in [0.4, 0.5) is 0 Å². The van der Waals surface area contributed by atoms with Gasteiger partial charge in [-0.05, 0) is 69.0 Å². The Hall–Kier alpha value is -1.80. The van der Waals surface area contributed by atoms with Crippen molar-refractivity contribution in [3.63, 3.8) is 0 Å². The van der Waals surface area contributed by atoms with Gasteiger partial charge in [0.15, 0.2) is 0 Å². The Labute approximate surface area is 127 Å². The molecule has 2 aromatic rings. The first-order chi connectivity index (χ1) is 9.94. The quantitative estimate of drug-likeness (QED) is 0.844. The summed E-state index contributed by atoms with van der Waals surface area (Å²) in [7, 11) is 0. The highest BCUT2D eigenvalue weighted by molar-refractivity contribution is 5.32. The summed E-state index contributed by atoms with van der Waals surface area (Å²) in [6.45, 7) is 7.38. The summed E-state index contributed by atoms with van der Waals surface area (Å²) in [5.74, 6) is 0.355. The Bertz CT molecular complexity index is 555. The Kier molecular flexibility index (Phi) is 5.03. The summed E-state index contributed by atoms with van der Waals surface area (Å²) in [4.78, 5) is 0. The minimum Gasteiger partial charge on any atom is -0.508 e. The van der Waals surface area contributed by atoms with E-state index < -0.39 is 0 Å². The van der Waals surface area contributed by atoms with Gasteiger partial charge < -0.3 is 10.4 Å². The molecule has 0 aliphatic carbocycles. The second-order valence-electron chi connectivity index (χ2n) is 6.40. The molecule has 0 bridgehead atoms. The summed E-state index contributed by atoms with van der Waals surface area (Å²) in [6.07, 6.45) is 1.93. The third kappa shape index (κ3) is 5.24. The lowest BCUT2D eigenvalue weighted by Crippen LogP contribution is -2.42. The fraction of sp³-hybridized carbons (Fsp3) is 0.368. The van der Waals surface area contributed by atoms with Gasteiger partial charge >= 0.3 is 0 Å². The molecule has 0 aromatic heterocycles. The van der Waals surface area contributed by atoms with E-state index in [2.05, 4.69) is 49.5 Å². The van der Waals surface area contributed by atoms with E-state index in [1.807, 2.05) is 19.1 Å². The van der Waals surface area contributed by atoms with Crippen molar-refractivity contribution in [2.45, 2.75) is 39.2 Å². The largest absolute Gasteiger partial charge is 0.508 e. The van der Waals surface area contributed by atoms with Gasteiger partial charge in [-0.3, -0.25) is 0 Å².